The van der Waals surface area contributed by atoms with Crippen molar-refractivity contribution in [2.45, 2.75) is 142 Å². The summed E-state index contributed by atoms with van der Waals surface area (Å²) in [5.74, 6) is -0.371. The molecular formula is C93H98N18O11. The number of benzene rings is 6. The predicted octanol–water partition coefficient (Wildman–Crippen LogP) is 12.0. The van der Waals surface area contributed by atoms with E-state index in [-0.39, 0.29) is 57.4 Å². The fraction of sp³-hybridized carbons (Fsp3) is 0.333. The standard InChI is InChI=1S/C32H36N6O3.C31H32N6O4.C30H30N6O4/c1-21(2)41-36-31(40)28-20-38(26-13-10-23-6-5-7-24(23)18-26)30-27(29(28)39)19-33-32(35-30)34-25-11-8-22(9-12-25)14-17-37-15-3-4-16-37;1-2-41-35-30(40)26-19-37(24-13-10-21-5-3-6-22(21)17-24)29-25(28(26)39)18-32-31(34-29)33-23-11-8-20(9-12-23)14-16-36-15-4-7-27(36)38;1-40-34-29(39)25-18-36(23-12-9-20-4-2-5-21(20)16-23)28-24(27(25)38)17-31-30(33-28)32-22-10-7-19(8-11-22)13-15-35-14-3-6-26(35)37/h8-13,18-21H,3-7,14-17H2,1-2H3,(H,36,40)(H,33,34,35);8-13,17-19H,2-7,14-16H2,1H3,(H,35,40)(H,32,33,34);7-12,16-18H,2-6,13-15H2,1H3,(H,34,39)(H,31,32,33). The van der Waals surface area contributed by atoms with E-state index in [0.29, 0.717) is 47.6 Å². The van der Waals surface area contributed by atoms with Gasteiger partial charge in [-0.3, -0.25) is 52.9 Å². The number of aromatic nitrogens is 9. The number of fused-ring (bicyclic) bond motifs is 6. The number of likely N-dealkylation sites (tertiary alicyclic amines) is 3. The number of hydrogen-bond donors (Lipinski definition) is 6. The van der Waals surface area contributed by atoms with E-state index in [2.05, 4.69) is 101 Å². The van der Waals surface area contributed by atoms with E-state index >= 15 is 0 Å². The minimum absolute atomic E-state index is 0.0347. The first-order valence-corrected chi connectivity index (χ1v) is 42.2. The van der Waals surface area contributed by atoms with Gasteiger partial charge in [-0.2, -0.15) is 15.0 Å². The largest absolute Gasteiger partial charge is 0.342 e. The molecule has 3 fully saturated rings. The Morgan fingerprint density at radius 1 is 0.402 bits per heavy atom. The fourth-order valence-electron chi connectivity index (χ4n) is 16.6. The summed E-state index contributed by atoms with van der Waals surface area (Å²) in [7, 11) is 1.32. The van der Waals surface area contributed by atoms with E-state index in [4.69, 9.17) is 29.5 Å². The van der Waals surface area contributed by atoms with Crippen molar-refractivity contribution in [2.75, 3.05) is 75.5 Å². The second-order valence-electron chi connectivity index (χ2n) is 31.8. The third kappa shape index (κ3) is 19.0. The Balaban J connectivity index is 0.000000136. The average Bonchev–Trinajstić information content (AvgIpc) is 1.14. The molecule has 12 aromatic rings. The van der Waals surface area contributed by atoms with Crippen LogP contribution in [0.1, 0.15) is 160 Å². The lowest BCUT2D eigenvalue weighted by Crippen LogP contribution is -2.32. The van der Waals surface area contributed by atoms with Gasteiger partial charge < -0.3 is 44.4 Å². The van der Waals surface area contributed by atoms with Crippen LogP contribution in [0, 0.1) is 0 Å². The van der Waals surface area contributed by atoms with Crippen LogP contribution in [0.4, 0.5) is 34.9 Å². The van der Waals surface area contributed by atoms with Crippen molar-refractivity contribution >= 4 is 97.5 Å². The van der Waals surface area contributed by atoms with Gasteiger partial charge in [0.05, 0.1) is 36.0 Å². The van der Waals surface area contributed by atoms with E-state index < -0.39 is 34.0 Å². The fourth-order valence-corrected chi connectivity index (χ4v) is 16.6. The number of aryl methyl sites for hydroxylation is 6. The molecule has 3 aliphatic carbocycles. The maximum Gasteiger partial charge on any atom is 0.280 e. The third-order valence-electron chi connectivity index (χ3n) is 23.2. The van der Waals surface area contributed by atoms with E-state index in [1.165, 1.54) is 103 Å². The molecule has 6 aromatic carbocycles. The first-order chi connectivity index (χ1) is 59.4. The maximum atomic E-state index is 13.4. The molecular weight excluding hydrogens is 1550 g/mol. The minimum atomic E-state index is -0.638. The summed E-state index contributed by atoms with van der Waals surface area (Å²) in [6.45, 7) is 12.2. The summed E-state index contributed by atoms with van der Waals surface area (Å²) in [6.07, 6.45) is 26.6. The zero-order valence-electron chi connectivity index (χ0n) is 68.9. The Hall–Kier alpha value is -13.2. The monoisotopic (exact) mass is 1640 g/mol. The second kappa shape index (κ2) is 37.6. The summed E-state index contributed by atoms with van der Waals surface area (Å²) in [5.41, 5.74) is 22.9. The van der Waals surface area contributed by atoms with Crippen molar-refractivity contribution in [3.63, 3.8) is 0 Å². The van der Waals surface area contributed by atoms with Crippen molar-refractivity contribution in [3.05, 3.63) is 262 Å². The molecule has 626 valence electrons. The second-order valence-corrected chi connectivity index (χ2v) is 31.8. The zero-order chi connectivity index (χ0) is 84.3. The van der Waals surface area contributed by atoms with Crippen LogP contribution in [0.3, 0.4) is 0 Å². The molecule has 29 nitrogen and oxygen atoms in total. The molecule has 3 aliphatic heterocycles. The third-order valence-corrected chi connectivity index (χ3v) is 23.2. The maximum absolute atomic E-state index is 13.4. The average molecular weight is 1640 g/mol. The lowest BCUT2D eigenvalue weighted by molar-refractivity contribution is -0.128. The molecule has 9 heterocycles. The van der Waals surface area contributed by atoms with Gasteiger partial charge >= 0.3 is 0 Å². The van der Waals surface area contributed by atoms with Crippen LogP contribution in [0.5, 0.6) is 0 Å². The molecule has 122 heavy (non-hydrogen) atoms. The topological polar surface area (TPSA) is 338 Å². The van der Waals surface area contributed by atoms with Crippen LogP contribution in [-0.2, 0) is 81.9 Å². The van der Waals surface area contributed by atoms with E-state index in [0.717, 1.165) is 168 Å². The minimum Gasteiger partial charge on any atom is -0.342 e. The van der Waals surface area contributed by atoms with Crippen LogP contribution in [0.25, 0.3) is 50.2 Å². The molecule has 0 radical (unpaired) electrons. The number of anilines is 6. The van der Waals surface area contributed by atoms with E-state index in [1.807, 2.05) is 88.7 Å². The van der Waals surface area contributed by atoms with Crippen molar-refractivity contribution in [2.24, 2.45) is 0 Å². The van der Waals surface area contributed by atoms with Crippen molar-refractivity contribution in [1.82, 2.24) is 74.7 Å². The molecule has 0 saturated carbocycles. The number of pyridine rings is 3. The van der Waals surface area contributed by atoms with Gasteiger partial charge in [0.15, 0.2) is 16.9 Å². The lowest BCUT2D eigenvalue weighted by atomic mass is 10.1. The quantitative estimate of drug-likeness (QED) is 0.0274. The predicted molar refractivity (Wildman–Crippen MR) is 466 cm³/mol. The summed E-state index contributed by atoms with van der Waals surface area (Å²) < 4.78 is 5.33. The Labute approximate surface area is 704 Å². The van der Waals surface area contributed by atoms with Crippen molar-refractivity contribution in [3.8, 4) is 17.1 Å². The van der Waals surface area contributed by atoms with Crippen molar-refractivity contribution < 1.29 is 38.5 Å². The Bertz CT molecular complexity index is 6150. The summed E-state index contributed by atoms with van der Waals surface area (Å²) >= 11 is 0. The first-order valence-electron chi connectivity index (χ1n) is 42.2. The number of carbonyl (C=O) groups is 5. The number of amides is 5. The lowest BCUT2D eigenvalue weighted by Gasteiger charge is -2.16. The number of nitrogens with one attached hydrogen (secondary N) is 6. The molecule has 5 amide bonds. The highest BCUT2D eigenvalue weighted by molar-refractivity contribution is 5.99. The van der Waals surface area contributed by atoms with Gasteiger partial charge in [0.25, 0.3) is 17.7 Å². The van der Waals surface area contributed by atoms with Crippen LogP contribution in [0.15, 0.2) is 179 Å². The Morgan fingerprint density at radius 3 is 1.10 bits per heavy atom. The van der Waals surface area contributed by atoms with Crippen LogP contribution in [0.2, 0.25) is 0 Å². The molecule has 3 saturated heterocycles. The summed E-state index contributed by atoms with van der Waals surface area (Å²) in [6, 6.07) is 42.8. The first kappa shape index (κ1) is 82.5. The number of rotatable bonds is 26. The van der Waals surface area contributed by atoms with Gasteiger partial charge in [0.1, 0.15) is 16.7 Å². The molecule has 0 unspecified atom stereocenters. The summed E-state index contributed by atoms with van der Waals surface area (Å²) in [4.78, 5) is 151. The van der Waals surface area contributed by atoms with Gasteiger partial charge in [0, 0.05) is 117 Å². The van der Waals surface area contributed by atoms with Crippen LogP contribution < -0.4 is 48.7 Å². The molecule has 0 bridgehead atoms. The van der Waals surface area contributed by atoms with Crippen molar-refractivity contribution in [1.29, 1.82) is 0 Å². The number of hydrogen-bond acceptors (Lipinski definition) is 21. The van der Waals surface area contributed by atoms with Gasteiger partial charge in [0.2, 0.25) is 45.9 Å². The van der Waals surface area contributed by atoms with Gasteiger partial charge in [-0.05, 0) is 259 Å². The SMILES string of the molecule is CC(C)ONC(=O)c1cn(-c2ccc3c(c2)CCC3)c2nc(Nc3ccc(CCN4CCCC4)cc3)ncc2c1=O.CCONC(=O)c1cn(-c2ccc3c(c2)CCC3)c2nc(Nc3ccc(CCN4CCCC4=O)cc3)ncc2c1=O.CONC(=O)c1cn(-c2ccc3c(c2)CCC3)c2nc(Nc3ccc(CCN4CCCC4=O)cc3)ncc2c1=O. The molecule has 6 aliphatic rings. The van der Waals surface area contributed by atoms with Crippen LogP contribution >= 0.6 is 0 Å². The highest BCUT2D eigenvalue weighted by atomic mass is 16.7. The van der Waals surface area contributed by atoms with Gasteiger partial charge in [-0.25, -0.2) is 31.4 Å². The number of nitrogens with zero attached hydrogens (tertiary/aromatic N) is 12. The smallest absolute Gasteiger partial charge is 0.280 e. The highest BCUT2D eigenvalue weighted by Crippen LogP contribution is 2.32. The normalized spacial score (nSPS) is 14.7. The Kier molecular flexibility index (Phi) is 25.4. The van der Waals surface area contributed by atoms with Gasteiger partial charge in [-0.1, -0.05) is 54.6 Å². The molecule has 29 heteroatoms. The number of carbonyl (C=O) groups excluding carboxylic acids is 5. The highest BCUT2D eigenvalue weighted by Gasteiger charge is 2.27. The molecule has 6 aromatic heterocycles. The molecule has 0 spiro atoms. The summed E-state index contributed by atoms with van der Waals surface area (Å²) in [5, 5.41) is 10.4. The van der Waals surface area contributed by atoms with Crippen LogP contribution in [-0.4, -0.2) is 153 Å². The Morgan fingerprint density at radius 2 is 0.754 bits per heavy atom. The molecule has 6 N–H and O–H groups in total. The zero-order valence-corrected chi connectivity index (χ0v) is 68.9. The van der Waals surface area contributed by atoms with E-state index in [9.17, 15) is 38.4 Å². The van der Waals surface area contributed by atoms with E-state index in [1.54, 1.807) is 40.7 Å². The molecule has 0 atom stereocenters. The molecule has 18 rings (SSSR count). The van der Waals surface area contributed by atoms with Gasteiger partial charge in [-0.15, -0.1) is 0 Å². The number of hydroxylamine groups is 3.